The number of hydrogen-bond acceptors (Lipinski definition) is 5. The van der Waals surface area contributed by atoms with Crippen LogP contribution >= 0.6 is 0 Å². The SMILES string of the molecule is CC(C)(C)OC(=O)NC(C)(C)C(=O)NC(Cc1c[nH]c2ccccc12)C(=O)N1CCC2(CC1)CC(=O)c1ccccc12. The molecule has 1 saturated heterocycles. The summed E-state index contributed by atoms with van der Waals surface area (Å²) in [5.74, 6) is -0.515. The van der Waals surface area contributed by atoms with E-state index in [9.17, 15) is 19.2 Å². The average Bonchev–Trinajstić information content (AvgIpc) is 3.45. The number of likely N-dealkylation sites (tertiary alicyclic amines) is 1. The van der Waals surface area contributed by atoms with Gasteiger partial charge in [-0.25, -0.2) is 4.79 Å². The molecule has 2 aromatic carbocycles. The van der Waals surface area contributed by atoms with Crippen LogP contribution in [0.5, 0.6) is 0 Å². The molecular formula is C33H40N4O5. The van der Waals surface area contributed by atoms with Crippen molar-refractivity contribution in [2.24, 2.45) is 0 Å². The first kappa shape index (κ1) is 29.4. The van der Waals surface area contributed by atoms with Crippen molar-refractivity contribution in [1.82, 2.24) is 20.5 Å². The molecule has 2 heterocycles. The molecule has 3 aromatic rings. The predicted octanol–water partition coefficient (Wildman–Crippen LogP) is 4.65. The minimum atomic E-state index is -1.33. The van der Waals surface area contributed by atoms with Gasteiger partial charge in [0.2, 0.25) is 11.8 Å². The molecular weight excluding hydrogens is 532 g/mol. The Labute approximate surface area is 246 Å². The number of nitrogens with zero attached hydrogens (tertiary/aromatic N) is 1. The number of piperidine rings is 1. The third-order valence-electron chi connectivity index (χ3n) is 8.41. The number of carbonyl (C=O) groups is 4. The summed E-state index contributed by atoms with van der Waals surface area (Å²) in [6.45, 7) is 9.38. The lowest BCUT2D eigenvalue weighted by Crippen LogP contribution is -2.60. The lowest BCUT2D eigenvalue weighted by atomic mass is 9.73. The topological polar surface area (TPSA) is 121 Å². The zero-order chi connectivity index (χ0) is 30.3. The summed E-state index contributed by atoms with van der Waals surface area (Å²) in [5.41, 5.74) is 1.43. The van der Waals surface area contributed by atoms with Crippen LogP contribution in [0, 0.1) is 0 Å². The van der Waals surface area contributed by atoms with Crippen LogP contribution in [-0.2, 0) is 26.2 Å². The summed E-state index contributed by atoms with van der Waals surface area (Å²) in [4.78, 5) is 57.9. The first-order valence-electron chi connectivity index (χ1n) is 14.6. The van der Waals surface area contributed by atoms with Crippen LogP contribution < -0.4 is 10.6 Å². The van der Waals surface area contributed by atoms with Crippen molar-refractivity contribution in [2.75, 3.05) is 13.1 Å². The van der Waals surface area contributed by atoms with E-state index in [2.05, 4.69) is 15.6 Å². The highest BCUT2D eigenvalue weighted by molar-refractivity contribution is 6.02. The number of fused-ring (bicyclic) bond motifs is 3. The third kappa shape index (κ3) is 5.91. The minimum Gasteiger partial charge on any atom is -0.444 e. The van der Waals surface area contributed by atoms with Crippen LogP contribution in [-0.4, -0.2) is 63.8 Å². The molecule has 1 aliphatic heterocycles. The third-order valence-corrected chi connectivity index (χ3v) is 8.41. The monoisotopic (exact) mass is 572 g/mol. The standard InChI is InChI=1S/C33H40N4O5/c1-31(2,3)42-30(41)36-32(4,5)29(40)35-26(18-21-20-34-25-13-9-7-10-22(21)25)28(39)37-16-14-33(15-17-37)19-27(38)23-11-6-8-12-24(23)33/h6-13,20,26,34H,14-19H2,1-5H3,(H,35,40)(H,36,41). The number of ketones is 1. The van der Waals surface area contributed by atoms with Gasteiger partial charge in [0, 0.05) is 54.0 Å². The van der Waals surface area contributed by atoms with Gasteiger partial charge in [-0.05, 0) is 64.7 Å². The fourth-order valence-electron chi connectivity index (χ4n) is 6.18. The van der Waals surface area contributed by atoms with Gasteiger partial charge in [0.25, 0.3) is 0 Å². The Balaban J connectivity index is 1.35. The maximum Gasteiger partial charge on any atom is 0.408 e. The molecule has 1 atom stereocenters. The molecule has 222 valence electrons. The van der Waals surface area contributed by atoms with Gasteiger partial charge in [-0.3, -0.25) is 14.4 Å². The Morgan fingerprint density at radius 3 is 2.38 bits per heavy atom. The summed E-state index contributed by atoms with van der Waals surface area (Å²) in [6, 6.07) is 14.8. The molecule has 42 heavy (non-hydrogen) atoms. The van der Waals surface area contributed by atoms with Crippen LogP contribution in [0.2, 0.25) is 0 Å². The molecule has 3 N–H and O–H groups in total. The molecule has 1 aliphatic carbocycles. The van der Waals surface area contributed by atoms with E-state index in [1.165, 1.54) is 0 Å². The molecule has 1 aromatic heterocycles. The van der Waals surface area contributed by atoms with E-state index >= 15 is 0 Å². The zero-order valence-electron chi connectivity index (χ0n) is 25.0. The van der Waals surface area contributed by atoms with Crippen molar-refractivity contribution in [2.45, 2.75) is 82.9 Å². The number of amides is 3. The van der Waals surface area contributed by atoms with Gasteiger partial charge in [-0.15, -0.1) is 0 Å². The number of alkyl carbamates (subject to hydrolysis) is 1. The Hall–Kier alpha value is -4.14. The second-order valence-corrected chi connectivity index (χ2v) is 13.1. The van der Waals surface area contributed by atoms with Gasteiger partial charge >= 0.3 is 6.09 Å². The molecule has 0 radical (unpaired) electrons. The largest absolute Gasteiger partial charge is 0.444 e. The van der Waals surface area contributed by atoms with E-state index in [0.29, 0.717) is 32.4 Å². The van der Waals surface area contributed by atoms with Crippen LogP contribution in [0.3, 0.4) is 0 Å². The molecule has 0 saturated carbocycles. The number of hydrogen-bond donors (Lipinski definition) is 3. The van der Waals surface area contributed by atoms with E-state index in [0.717, 1.165) is 27.6 Å². The van der Waals surface area contributed by atoms with Crippen molar-refractivity contribution < 1.29 is 23.9 Å². The molecule has 5 rings (SSSR count). The highest BCUT2D eigenvalue weighted by atomic mass is 16.6. The number of H-pyrrole nitrogens is 1. The Bertz CT molecular complexity index is 1520. The number of ether oxygens (including phenoxy) is 1. The lowest BCUT2D eigenvalue weighted by molar-refractivity contribution is -0.139. The second kappa shape index (κ2) is 10.9. The van der Waals surface area contributed by atoms with E-state index < -0.39 is 29.2 Å². The summed E-state index contributed by atoms with van der Waals surface area (Å²) in [7, 11) is 0. The van der Waals surface area contributed by atoms with E-state index in [1.807, 2.05) is 54.7 Å². The van der Waals surface area contributed by atoms with Crippen molar-refractivity contribution in [3.63, 3.8) is 0 Å². The number of para-hydroxylation sites is 1. The first-order chi connectivity index (χ1) is 19.8. The smallest absolute Gasteiger partial charge is 0.408 e. The number of Topliss-reactive ketones (excluding diaryl/α,β-unsaturated/α-hetero) is 1. The van der Waals surface area contributed by atoms with Crippen LogP contribution in [0.25, 0.3) is 10.9 Å². The fourth-order valence-corrected chi connectivity index (χ4v) is 6.18. The van der Waals surface area contributed by atoms with Crippen LogP contribution in [0.4, 0.5) is 4.79 Å². The maximum absolute atomic E-state index is 14.1. The van der Waals surface area contributed by atoms with Crippen molar-refractivity contribution in [1.29, 1.82) is 0 Å². The highest BCUT2D eigenvalue weighted by Gasteiger charge is 2.46. The predicted molar refractivity (Wildman–Crippen MR) is 160 cm³/mol. The van der Waals surface area contributed by atoms with E-state index in [1.54, 1.807) is 39.5 Å². The number of benzene rings is 2. The Morgan fingerprint density at radius 1 is 1.00 bits per heavy atom. The Kier molecular flexibility index (Phi) is 7.64. The van der Waals surface area contributed by atoms with Crippen molar-refractivity contribution >= 4 is 34.6 Å². The van der Waals surface area contributed by atoms with E-state index in [-0.39, 0.29) is 23.5 Å². The molecule has 9 heteroatoms. The molecule has 9 nitrogen and oxygen atoms in total. The normalized spacial score (nSPS) is 17.2. The minimum absolute atomic E-state index is 0.162. The summed E-state index contributed by atoms with van der Waals surface area (Å²) in [6.07, 6.45) is 3.26. The molecule has 0 bridgehead atoms. The van der Waals surface area contributed by atoms with Crippen molar-refractivity contribution in [3.8, 4) is 0 Å². The summed E-state index contributed by atoms with van der Waals surface area (Å²) in [5, 5.41) is 6.56. The first-order valence-corrected chi connectivity index (χ1v) is 14.6. The van der Waals surface area contributed by atoms with E-state index in [4.69, 9.17) is 4.74 Å². The molecule has 1 spiro atoms. The molecule has 2 aliphatic rings. The fraction of sp³-hybridized carbons (Fsp3) is 0.455. The summed E-state index contributed by atoms with van der Waals surface area (Å²) < 4.78 is 5.35. The van der Waals surface area contributed by atoms with Crippen LogP contribution in [0.15, 0.2) is 54.7 Å². The van der Waals surface area contributed by atoms with Crippen LogP contribution in [0.1, 0.15) is 75.4 Å². The average molecular weight is 573 g/mol. The molecule has 1 fully saturated rings. The maximum atomic E-state index is 14.1. The zero-order valence-corrected chi connectivity index (χ0v) is 25.0. The summed E-state index contributed by atoms with van der Waals surface area (Å²) >= 11 is 0. The van der Waals surface area contributed by atoms with Gasteiger partial charge in [-0.1, -0.05) is 42.5 Å². The Morgan fingerprint density at radius 2 is 1.67 bits per heavy atom. The van der Waals surface area contributed by atoms with Gasteiger partial charge in [0.15, 0.2) is 5.78 Å². The lowest BCUT2D eigenvalue weighted by Gasteiger charge is -2.41. The molecule has 1 unspecified atom stereocenters. The number of rotatable bonds is 6. The second-order valence-electron chi connectivity index (χ2n) is 13.1. The van der Waals surface area contributed by atoms with Gasteiger partial charge < -0.3 is 25.3 Å². The van der Waals surface area contributed by atoms with Gasteiger partial charge in [0.1, 0.15) is 17.2 Å². The quantitative estimate of drug-likeness (QED) is 0.397. The number of nitrogens with one attached hydrogen (secondary N) is 3. The molecule has 3 amide bonds. The number of aromatic amines is 1. The van der Waals surface area contributed by atoms with Gasteiger partial charge in [0.05, 0.1) is 0 Å². The number of carbonyl (C=O) groups excluding carboxylic acids is 4. The van der Waals surface area contributed by atoms with Gasteiger partial charge in [-0.2, -0.15) is 0 Å². The van der Waals surface area contributed by atoms with Crippen molar-refractivity contribution in [3.05, 3.63) is 71.4 Å². The number of aromatic nitrogens is 1. The highest BCUT2D eigenvalue weighted by Crippen LogP contribution is 2.46.